The van der Waals surface area contributed by atoms with Gasteiger partial charge < -0.3 is 10.2 Å². The van der Waals surface area contributed by atoms with Gasteiger partial charge in [-0.25, -0.2) is 13.2 Å². The highest BCUT2D eigenvalue weighted by Crippen LogP contribution is 2.10. The normalized spacial score (nSPS) is 16.8. The second-order valence-electron chi connectivity index (χ2n) is 5.03. The van der Waals surface area contributed by atoms with Gasteiger partial charge in [-0.05, 0) is 27.2 Å². The molecule has 0 unspecified atom stereocenters. The van der Waals surface area contributed by atoms with Crippen molar-refractivity contribution in [2.75, 3.05) is 13.3 Å². The van der Waals surface area contributed by atoms with Crippen molar-refractivity contribution < 1.29 is 13.2 Å². The second kappa shape index (κ2) is 6.97. The van der Waals surface area contributed by atoms with E-state index in [9.17, 15) is 13.2 Å². The lowest BCUT2D eigenvalue weighted by atomic mass is 10.2. The number of urea groups is 1. The van der Waals surface area contributed by atoms with E-state index < -0.39 is 15.1 Å². The number of carbonyl (C=O) groups excluding carboxylic acids is 1. The van der Waals surface area contributed by atoms with Gasteiger partial charge in [0.15, 0.2) is 9.84 Å². The van der Waals surface area contributed by atoms with Gasteiger partial charge in [0.25, 0.3) is 0 Å². The summed E-state index contributed by atoms with van der Waals surface area (Å²) in [6.07, 6.45) is 3.11. The molecule has 0 bridgehead atoms. The van der Waals surface area contributed by atoms with Crippen molar-refractivity contribution in [2.24, 2.45) is 0 Å². The molecule has 0 aromatic rings. The summed E-state index contributed by atoms with van der Waals surface area (Å²) in [5.41, 5.74) is 0. The van der Waals surface area contributed by atoms with Crippen LogP contribution in [0.15, 0.2) is 0 Å². The van der Waals surface area contributed by atoms with E-state index in [1.165, 1.54) is 11.2 Å². The number of hydrogen-bond acceptors (Lipinski definition) is 3. The van der Waals surface area contributed by atoms with Gasteiger partial charge in [0.2, 0.25) is 0 Å². The molecular weight excluding hydrogens is 252 g/mol. The first kappa shape index (κ1) is 17.2. The summed E-state index contributed by atoms with van der Waals surface area (Å²) in [5.74, 6) is 0. The SMILES string of the molecule is CCC[C@H](C)NC(=O)N(C)[C@H](C)[C@H](C)S(C)(=O)=O. The molecule has 0 aliphatic rings. The second-order valence-corrected chi connectivity index (χ2v) is 7.43. The fourth-order valence-electron chi connectivity index (χ4n) is 1.68. The van der Waals surface area contributed by atoms with Crippen LogP contribution in [0.1, 0.15) is 40.5 Å². The lowest BCUT2D eigenvalue weighted by molar-refractivity contribution is 0.189. The summed E-state index contributed by atoms with van der Waals surface area (Å²) in [4.78, 5) is 13.4. The van der Waals surface area contributed by atoms with Crippen molar-refractivity contribution in [1.29, 1.82) is 0 Å². The molecule has 0 aliphatic heterocycles. The summed E-state index contributed by atoms with van der Waals surface area (Å²) in [5, 5.41) is 2.29. The van der Waals surface area contributed by atoms with Gasteiger partial charge in [-0.3, -0.25) is 0 Å². The Morgan fingerprint density at radius 3 is 2.17 bits per heavy atom. The van der Waals surface area contributed by atoms with E-state index in [1.807, 2.05) is 6.92 Å². The van der Waals surface area contributed by atoms with Crippen molar-refractivity contribution in [1.82, 2.24) is 10.2 Å². The van der Waals surface area contributed by atoms with Gasteiger partial charge in [0.1, 0.15) is 0 Å². The molecule has 6 heteroatoms. The van der Waals surface area contributed by atoms with Crippen molar-refractivity contribution in [2.45, 2.75) is 57.9 Å². The third-order valence-electron chi connectivity index (χ3n) is 3.38. The number of nitrogens with one attached hydrogen (secondary N) is 1. The van der Waals surface area contributed by atoms with Gasteiger partial charge in [-0.1, -0.05) is 13.3 Å². The number of sulfone groups is 1. The van der Waals surface area contributed by atoms with Crippen LogP contribution in [0.3, 0.4) is 0 Å². The minimum atomic E-state index is -3.14. The number of amides is 2. The van der Waals surface area contributed by atoms with Crippen LogP contribution in [0, 0.1) is 0 Å². The minimum Gasteiger partial charge on any atom is -0.336 e. The number of carbonyl (C=O) groups is 1. The van der Waals surface area contributed by atoms with Gasteiger partial charge in [-0.15, -0.1) is 0 Å². The van der Waals surface area contributed by atoms with Crippen LogP contribution in [-0.4, -0.2) is 50.0 Å². The molecule has 0 spiro atoms. The quantitative estimate of drug-likeness (QED) is 0.803. The van der Waals surface area contributed by atoms with E-state index in [2.05, 4.69) is 12.2 Å². The van der Waals surface area contributed by atoms with Crippen LogP contribution in [0.2, 0.25) is 0 Å². The van der Waals surface area contributed by atoms with E-state index in [0.717, 1.165) is 12.8 Å². The van der Waals surface area contributed by atoms with Gasteiger partial charge in [-0.2, -0.15) is 0 Å². The van der Waals surface area contributed by atoms with Crippen molar-refractivity contribution >= 4 is 15.9 Å². The monoisotopic (exact) mass is 278 g/mol. The molecule has 0 fully saturated rings. The van der Waals surface area contributed by atoms with Gasteiger partial charge >= 0.3 is 6.03 Å². The fourth-order valence-corrected chi connectivity index (χ4v) is 2.57. The number of rotatable bonds is 6. The Bertz CT molecular complexity index is 368. The molecule has 5 nitrogen and oxygen atoms in total. The van der Waals surface area contributed by atoms with E-state index in [0.29, 0.717) is 0 Å². The van der Waals surface area contributed by atoms with Gasteiger partial charge in [0, 0.05) is 25.4 Å². The van der Waals surface area contributed by atoms with Crippen molar-refractivity contribution in [3.8, 4) is 0 Å². The van der Waals surface area contributed by atoms with Crippen LogP contribution < -0.4 is 5.32 Å². The zero-order chi connectivity index (χ0) is 14.5. The molecule has 1 N–H and O–H groups in total. The predicted octanol–water partition coefficient (Wildman–Crippen LogP) is 1.64. The van der Waals surface area contributed by atoms with Crippen LogP contribution in [-0.2, 0) is 9.84 Å². The Morgan fingerprint density at radius 1 is 1.28 bits per heavy atom. The third-order valence-corrected chi connectivity index (χ3v) is 5.12. The maximum atomic E-state index is 11.9. The van der Waals surface area contributed by atoms with Crippen LogP contribution >= 0.6 is 0 Å². The van der Waals surface area contributed by atoms with E-state index in [1.54, 1.807) is 20.9 Å². The fraction of sp³-hybridized carbons (Fsp3) is 0.917. The molecule has 108 valence electrons. The maximum absolute atomic E-state index is 11.9. The van der Waals surface area contributed by atoms with E-state index in [-0.39, 0.29) is 18.1 Å². The van der Waals surface area contributed by atoms with Gasteiger partial charge in [0.05, 0.1) is 5.25 Å². The third kappa shape index (κ3) is 5.25. The Morgan fingerprint density at radius 2 is 1.78 bits per heavy atom. The first-order valence-electron chi connectivity index (χ1n) is 6.33. The molecule has 3 atom stereocenters. The molecule has 0 saturated carbocycles. The molecule has 2 amide bonds. The zero-order valence-corrected chi connectivity index (χ0v) is 13.0. The maximum Gasteiger partial charge on any atom is 0.317 e. The number of hydrogen-bond donors (Lipinski definition) is 1. The lowest BCUT2D eigenvalue weighted by Crippen LogP contribution is -2.50. The molecule has 0 aromatic carbocycles. The predicted molar refractivity (Wildman–Crippen MR) is 74.4 cm³/mol. The van der Waals surface area contributed by atoms with Crippen LogP contribution in [0.5, 0.6) is 0 Å². The Labute approximate surface area is 111 Å². The molecule has 0 aliphatic carbocycles. The summed E-state index contributed by atoms with van der Waals surface area (Å²) in [6, 6.07) is -0.474. The minimum absolute atomic E-state index is 0.102. The van der Waals surface area contributed by atoms with E-state index in [4.69, 9.17) is 0 Å². The number of nitrogens with zero attached hydrogens (tertiary/aromatic N) is 1. The molecular formula is C12H26N2O3S. The summed E-state index contributed by atoms with van der Waals surface area (Å²) < 4.78 is 22.9. The van der Waals surface area contributed by atoms with E-state index >= 15 is 0 Å². The Hall–Kier alpha value is -0.780. The topological polar surface area (TPSA) is 66.5 Å². The molecule has 0 rings (SSSR count). The molecule has 0 saturated heterocycles. The average Bonchev–Trinajstić information content (AvgIpc) is 2.24. The highest BCUT2D eigenvalue weighted by Gasteiger charge is 2.28. The van der Waals surface area contributed by atoms with Crippen LogP contribution in [0.4, 0.5) is 4.79 Å². The molecule has 0 aromatic heterocycles. The Balaban J connectivity index is 4.55. The lowest BCUT2D eigenvalue weighted by Gasteiger charge is -2.30. The summed E-state index contributed by atoms with van der Waals surface area (Å²) in [6.45, 7) is 7.37. The smallest absolute Gasteiger partial charge is 0.317 e. The molecule has 0 heterocycles. The van der Waals surface area contributed by atoms with Crippen LogP contribution in [0.25, 0.3) is 0 Å². The average molecular weight is 278 g/mol. The summed E-state index contributed by atoms with van der Waals surface area (Å²) >= 11 is 0. The first-order valence-corrected chi connectivity index (χ1v) is 8.28. The highest BCUT2D eigenvalue weighted by atomic mass is 32.2. The summed E-state index contributed by atoms with van der Waals surface area (Å²) in [7, 11) is -1.52. The largest absolute Gasteiger partial charge is 0.336 e. The highest BCUT2D eigenvalue weighted by molar-refractivity contribution is 7.91. The van der Waals surface area contributed by atoms with Crippen molar-refractivity contribution in [3.05, 3.63) is 0 Å². The first-order chi connectivity index (χ1) is 8.11. The molecule has 0 radical (unpaired) electrons. The standard InChI is InChI=1S/C12H26N2O3S/c1-7-8-9(2)13-12(15)14(5)10(3)11(4)18(6,16)17/h9-11H,7-8H2,1-6H3,(H,13,15)/t9-,10+,11-/m0/s1. The Kier molecular flexibility index (Phi) is 6.67. The molecule has 18 heavy (non-hydrogen) atoms. The zero-order valence-electron chi connectivity index (χ0n) is 12.2. The van der Waals surface area contributed by atoms with Crippen molar-refractivity contribution in [3.63, 3.8) is 0 Å².